The fourth-order valence-corrected chi connectivity index (χ4v) is 2.65. The van der Waals surface area contributed by atoms with Crippen molar-refractivity contribution in [2.45, 2.75) is 25.5 Å². The van der Waals surface area contributed by atoms with Gasteiger partial charge in [0.15, 0.2) is 0 Å². The van der Waals surface area contributed by atoms with E-state index in [0.717, 1.165) is 16.7 Å². The van der Waals surface area contributed by atoms with E-state index in [2.05, 4.69) is 4.98 Å². The molecule has 0 aliphatic carbocycles. The number of aliphatic hydroxyl groups is 1. The third-order valence-corrected chi connectivity index (χ3v) is 4.19. The van der Waals surface area contributed by atoms with Crippen molar-refractivity contribution in [2.24, 2.45) is 5.73 Å². The van der Waals surface area contributed by atoms with Gasteiger partial charge in [-0.15, -0.1) is 0 Å². The van der Waals surface area contributed by atoms with Crippen LogP contribution in [0.3, 0.4) is 0 Å². The number of likely N-dealkylation sites (N-methyl/N-ethyl adjacent to an activating group) is 1. The van der Waals surface area contributed by atoms with Gasteiger partial charge in [0.1, 0.15) is 5.15 Å². The highest BCUT2D eigenvalue weighted by molar-refractivity contribution is 6.29. The fourth-order valence-electron chi connectivity index (χ4n) is 2.54. The molecule has 0 aliphatic heterocycles. The summed E-state index contributed by atoms with van der Waals surface area (Å²) in [6.07, 6.45) is 1.56. The Kier molecular flexibility index (Phi) is 6.31. The van der Waals surface area contributed by atoms with Crippen LogP contribution in [0.5, 0.6) is 0 Å². The number of carbonyl (C=O) groups excluding carboxylic acids is 1. The van der Waals surface area contributed by atoms with Crippen LogP contribution >= 0.6 is 11.6 Å². The summed E-state index contributed by atoms with van der Waals surface area (Å²) in [5, 5.41) is 10.8. The molecule has 128 valence electrons. The molecular weight excluding hydrogens is 326 g/mol. The third kappa shape index (κ3) is 4.54. The molecule has 24 heavy (non-hydrogen) atoms. The maximum Gasteiger partial charge on any atom is 0.226 e. The lowest BCUT2D eigenvalue weighted by Crippen LogP contribution is -2.24. The maximum atomic E-state index is 12.0. The predicted octanol–water partition coefficient (Wildman–Crippen LogP) is 2.10. The standard InChI is InChI=1S/C18H22ClN3O2/c1-22(2)18(24)9-13-5-3-4-12(15(13)10-20)8-16(23)14-6-7-17(19)21-11-14/h3-7,11,16,23H,8-10,20H2,1-2H3/t16-/m1/s1. The van der Waals surface area contributed by atoms with Gasteiger partial charge in [-0.05, 0) is 28.3 Å². The summed E-state index contributed by atoms with van der Waals surface area (Å²) in [5.41, 5.74) is 9.34. The molecule has 0 bridgehead atoms. The number of rotatable bonds is 6. The van der Waals surface area contributed by atoms with Gasteiger partial charge in [-0.25, -0.2) is 4.98 Å². The quantitative estimate of drug-likeness (QED) is 0.784. The van der Waals surface area contributed by atoms with Gasteiger partial charge in [-0.1, -0.05) is 35.9 Å². The van der Waals surface area contributed by atoms with Crippen LogP contribution in [0.2, 0.25) is 5.15 Å². The van der Waals surface area contributed by atoms with E-state index >= 15 is 0 Å². The number of hydrogen-bond donors (Lipinski definition) is 2. The van der Waals surface area contributed by atoms with E-state index in [-0.39, 0.29) is 5.91 Å². The number of amides is 1. The summed E-state index contributed by atoms with van der Waals surface area (Å²) in [6, 6.07) is 9.12. The number of aliphatic hydroxyl groups excluding tert-OH is 1. The van der Waals surface area contributed by atoms with Gasteiger partial charge in [-0.2, -0.15) is 0 Å². The van der Waals surface area contributed by atoms with Gasteiger partial charge in [0.25, 0.3) is 0 Å². The van der Waals surface area contributed by atoms with Crippen molar-refractivity contribution in [1.29, 1.82) is 0 Å². The monoisotopic (exact) mass is 347 g/mol. The van der Waals surface area contributed by atoms with E-state index < -0.39 is 6.10 Å². The zero-order valence-corrected chi connectivity index (χ0v) is 14.6. The zero-order valence-electron chi connectivity index (χ0n) is 13.9. The normalized spacial score (nSPS) is 12.0. The first-order valence-electron chi connectivity index (χ1n) is 7.71. The molecule has 2 aromatic rings. The number of nitrogens with two attached hydrogens (primary N) is 1. The average molecular weight is 348 g/mol. The molecule has 0 saturated heterocycles. The topological polar surface area (TPSA) is 79.5 Å². The minimum atomic E-state index is -0.708. The summed E-state index contributed by atoms with van der Waals surface area (Å²) in [4.78, 5) is 17.5. The van der Waals surface area contributed by atoms with Crippen molar-refractivity contribution in [3.05, 3.63) is 63.9 Å². The number of pyridine rings is 1. The Morgan fingerprint density at radius 3 is 2.58 bits per heavy atom. The zero-order chi connectivity index (χ0) is 17.7. The van der Waals surface area contributed by atoms with Gasteiger partial charge < -0.3 is 15.7 Å². The van der Waals surface area contributed by atoms with E-state index in [1.165, 1.54) is 0 Å². The van der Waals surface area contributed by atoms with Gasteiger partial charge in [0, 0.05) is 33.3 Å². The molecule has 0 aliphatic rings. The molecule has 1 amide bonds. The van der Waals surface area contributed by atoms with E-state index in [0.29, 0.717) is 30.1 Å². The molecule has 1 heterocycles. The lowest BCUT2D eigenvalue weighted by molar-refractivity contribution is -0.127. The summed E-state index contributed by atoms with van der Waals surface area (Å²) in [7, 11) is 3.46. The molecule has 5 nitrogen and oxygen atoms in total. The predicted molar refractivity (Wildman–Crippen MR) is 94.6 cm³/mol. The second kappa shape index (κ2) is 8.24. The molecule has 1 atom stereocenters. The highest BCUT2D eigenvalue weighted by atomic mass is 35.5. The maximum absolute atomic E-state index is 12.0. The Labute approximate surface area is 147 Å². The van der Waals surface area contributed by atoms with Crippen molar-refractivity contribution in [2.75, 3.05) is 14.1 Å². The minimum absolute atomic E-state index is 0.0179. The van der Waals surface area contributed by atoms with Crippen molar-refractivity contribution in [3.63, 3.8) is 0 Å². The Hall–Kier alpha value is -1.95. The summed E-state index contributed by atoms with van der Waals surface area (Å²) in [5.74, 6) is 0.0179. The molecule has 0 unspecified atom stereocenters. The Morgan fingerprint density at radius 2 is 2.00 bits per heavy atom. The summed E-state index contributed by atoms with van der Waals surface area (Å²) >= 11 is 5.77. The highest BCUT2D eigenvalue weighted by Crippen LogP contribution is 2.23. The number of aromatic nitrogens is 1. The molecule has 0 fully saturated rings. The van der Waals surface area contributed by atoms with Crippen LogP contribution in [0.4, 0.5) is 0 Å². The van der Waals surface area contributed by atoms with E-state index in [1.807, 2.05) is 18.2 Å². The molecular formula is C18H22ClN3O2. The second-order valence-corrected chi connectivity index (χ2v) is 6.25. The number of carbonyl (C=O) groups is 1. The molecule has 3 N–H and O–H groups in total. The SMILES string of the molecule is CN(C)C(=O)Cc1cccc(C[C@@H](O)c2ccc(Cl)nc2)c1CN. The highest BCUT2D eigenvalue weighted by Gasteiger charge is 2.15. The van der Waals surface area contributed by atoms with Crippen molar-refractivity contribution in [3.8, 4) is 0 Å². The van der Waals surface area contributed by atoms with Crippen molar-refractivity contribution >= 4 is 17.5 Å². The van der Waals surface area contributed by atoms with Crippen LogP contribution < -0.4 is 5.73 Å². The van der Waals surface area contributed by atoms with Crippen LogP contribution in [0.15, 0.2) is 36.5 Å². The molecule has 2 rings (SSSR count). The fraction of sp³-hybridized carbons (Fsp3) is 0.333. The average Bonchev–Trinajstić information content (AvgIpc) is 2.55. The smallest absolute Gasteiger partial charge is 0.226 e. The first-order chi connectivity index (χ1) is 11.4. The first-order valence-corrected chi connectivity index (χ1v) is 8.09. The van der Waals surface area contributed by atoms with Crippen LogP contribution in [-0.4, -0.2) is 35.0 Å². The number of benzene rings is 1. The lowest BCUT2D eigenvalue weighted by Gasteiger charge is -2.18. The second-order valence-electron chi connectivity index (χ2n) is 5.86. The van der Waals surface area contributed by atoms with Gasteiger partial charge in [0.2, 0.25) is 5.91 Å². The van der Waals surface area contributed by atoms with E-state index in [1.54, 1.807) is 37.3 Å². The molecule has 0 saturated carbocycles. The van der Waals surface area contributed by atoms with Crippen LogP contribution in [0.1, 0.15) is 28.4 Å². The van der Waals surface area contributed by atoms with Crippen LogP contribution in [0, 0.1) is 0 Å². The molecule has 1 aromatic carbocycles. The number of nitrogens with zero attached hydrogens (tertiary/aromatic N) is 2. The van der Waals surface area contributed by atoms with Gasteiger partial charge in [0.05, 0.1) is 12.5 Å². The lowest BCUT2D eigenvalue weighted by atomic mass is 9.93. The third-order valence-electron chi connectivity index (χ3n) is 3.96. The molecule has 6 heteroatoms. The minimum Gasteiger partial charge on any atom is -0.388 e. The Bertz CT molecular complexity index is 702. The van der Waals surface area contributed by atoms with Gasteiger partial charge >= 0.3 is 0 Å². The molecule has 0 spiro atoms. The van der Waals surface area contributed by atoms with Crippen molar-refractivity contribution in [1.82, 2.24) is 9.88 Å². The molecule has 0 radical (unpaired) electrons. The Morgan fingerprint density at radius 1 is 1.29 bits per heavy atom. The largest absolute Gasteiger partial charge is 0.388 e. The Balaban J connectivity index is 2.23. The molecule has 1 aromatic heterocycles. The van der Waals surface area contributed by atoms with E-state index in [4.69, 9.17) is 17.3 Å². The van der Waals surface area contributed by atoms with Gasteiger partial charge in [-0.3, -0.25) is 4.79 Å². The van der Waals surface area contributed by atoms with Crippen LogP contribution in [-0.2, 0) is 24.2 Å². The first kappa shape index (κ1) is 18.4. The van der Waals surface area contributed by atoms with Crippen molar-refractivity contribution < 1.29 is 9.90 Å². The van der Waals surface area contributed by atoms with E-state index in [9.17, 15) is 9.90 Å². The number of halogens is 1. The number of hydrogen-bond acceptors (Lipinski definition) is 4. The van der Waals surface area contributed by atoms with Crippen LogP contribution in [0.25, 0.3) is 0 Å². The summed E-state index contributed by atoms with van der Waals surface area (Å²) in [6.45, 7) is 0.317. The summed E-state index contributed by atoms with van der Waals surface area (Å²) < 4.78 is 0.